The Balaban J connectivity index is 1.63. The van der Waals surface area contributed by atoms with E-state index in [0.717, 1.165) is 44.3 Å². The van der Waals surface area contributed by atoms with Gasteiger partial charge in [-0.15, -0.1) is 0 Å². The highest BCUT2D eigenvalue weighted by molar-refractivity contribution is 6.16. The Morgan fingerprint density at radius 3 is 2.38 bits per heavy atom. The molecule has 0 bridgehead atoms. The van der Waals surface area contributed by atoms with Gasteiger partial charge in [-0.2, -0.15) is 0 Å². The molecule has 0 fully saturated rings. The van der Waals surface area contributed by atoms with Crippen LogP contribution in [0.2, 0.25) is 0 Å². The summed E-state index contributed by atoms with van der Waals surface area (Å²) >= 11 is 0. The number of pyridine rings is 1. The zero-order chi connectivity index (χ0) is 22.1. The maximum atomic E-state index is 13.5. The first-order valence-corrected chi connectivity index (χ1v) is 10.5. The standard InChI is InChI=1S/C28H21N3O/c1-18-7-11-21(12-8-18)28-22-5-3-4-6-23(22)31-19(2)27(28)26(32)14-10-20-9-13-24-25(17-20)30-16-15-29-24/h3-17H,1-2H3. The van der Waals surface area contributed by atoms with Crippen molar-refractivity contribution in [3.05, 3.63) is 108 Å². The van der Waals surface area contributed by atoms with E-state index >= 15 is 0 Å². The van der Waals surface area contributed by atoms with Gasteiger partial charge in [0.2, 0.25) is 0 Å². The van der Waals surface area contributed by atoms with Crippen LogP contribution in [0.4, 0.5) is 0 Å². The highest BCUT2D eigenvalue weighted by Crippen LogP contribution is 2.33. The van der Waals surface area contributed by atoms with Gasteiger partial charge in [0.1, 0.15) is 0 Å². The van der Waals surface area contributed by atoms with Gasteiger partial charge >= 0.3 is 0 Å². The zero-order valence-corrected chi connectivity index (χ0v) is 17.9. The molecule has 0 radical (unpaired) electrons. The second kappa shape index (κ2) is 8.16. The first-order valence-electron chi connectivity index (χ1n) is 10.5. The van der Waals surface area contributed by atoms with Gasteiger partial charge < -0.3 is 0 Å². The second-order valence-electron chi connectivity index (χ2n) is 7.83. The number of fused-ring (bicyclic) bond motifs is 2. The van der Waals surface area contributed by atoms with Gasteiger partial charge in [-0.25, -0.2) is 0 Å². The molecule has 32 heavy (non-hydrogen) atoms. The molecular weight excluding hydrogens is 394 g/mol. The van der Waals surface area contributed by atoms with E-state index < -0.39 is 0 Å². The van der Waals surface area contributed by atoms with E-state index in [4.69, 9.17) is 4.98 Å². The van der Waals surface area contributed by atoms with Crippen LogP contribution < -0.4 is 0 Å². The van der Waals surface area contributed by atoms with Gasteiger partial charge in [0.15, 0.2) is 5.78 Å². The van der Waals surface area contributed by atoms with Gasteiger partial charge in [-0.3, -0.25) is 19.7 Å². The molecule has 0 N–H and O–H groups in total. The summed E-state index contributed by atoms with van der Waals surface area (Å²) in [5, 5.41) is 0.972. The lowest BCUT2D eigenvalue weighted by Gasteiger charge is -2.14. The predicted octanol–water partition coefficient (Wildman–Crippen LogP) is 6.36. The summed E-state index contributed by atoms with van der Waals surface area (Å²) in [7, 11) is 0. The summed E-state index contributed by atoms with van der Waals surface area (Å²) in [5.41, 5.74) is 7.86. The molecule has 0 atom stereocenters. The summed E-state index contributed by atoms with van der Waals surface area (Å²) in [6.07, 6.45) is 6.78. The molecule has 2 heterocycles. The lowest BCUT2D eigenvalue weighted by Crippen LogP contribution is -2.05. The number of ketones is 1. The fourth-order valence-electron chi connectivity index (χ4n) is 4.00. The lowest BCUT2D eigenvalue weighted by molar-refractivity contribution is 0.104. The number of hydrogen-bond acceptors (Lipinski definition) is 4. The van der Waals surface area contributed by atoms with Crippen molar-refractivity contribution >= 4 is 33.8 Å². The Kier molecular flexibility index (Phi) is 5.04. The minimum Gasteiger partial charge on any atom is -0.289 e. The smallest absolute Gasteiger partial charge is 0.188 e. The molecule has 0 saturated carbocycles. The molecule has 0 aliphatic heterocycles. The summed E-state index contributed by atoms with van der Waals surface area (Å²) in [4.78, 5) is 26.8. The minimum absolute atomic E-state index is 0.0735. The average Bonchev–Trinajstić information content (AvgIpc) is 2.82. The van der Waals surface area contributed by atoms with Gasteiger partial charge in [0, 0.05) is 29.0 Å². The number of nitrogens with zero attached hydrogens (tertiary/aromatic N) is 3. The van der Waals surface area contributed by atoms with Crippen molar-refractivity contribution in [2.24, 2.45) is 0 Å². The Hall–Kier alpha value is -4.18. The largest absolute Gasteiger partial charge is 0.289 e. The van der Waals surface area contributed by atoms with E-state index in [1.54, 1.807) is 18.5 Å². The fraction of sp³-hybridized carbons (Fsp3) is 0.0714. The van der Waals surface area contributed by atoms with E-state index in [1.165, 1.54) is 5.56 Å². The monoisotopic (exact) mass is 415 g/mol. The zero-order valence-electron chi connectivity index (χ0n) is 17.9. The Bertz CT molecular complexity index is 1500. The number of allylic oxidation sites excluding steroid dienone is 1. The maximum absolute atomic E-state index is 13.5. The molecule has 0 amide bonds. The molecule has 2 aromatic heterocycles. The van der Waals surface area contributed by atoms with Crippen molar-refractivity contribution in [2.45, 2.75) is 13.8 Å². The van der Waals surface area contributed by atoms with E-state index in [1.807, 2.05) is 55.5 Å². The van der Waals surface area contributed by atoms with Crippen LogP contribution in [0.25, 0.3) is 39.1 Å². The number of benzene rings is 3. The minimum atomic E-state index is -0.0735. The van der Waals surface area contributed by atoms with Crippen LogP contribution in [0, 0.1) is 13.8 Å². The maximum Gasteiger partial charge on any atom is 0.188 e. The van der Waals surface area contributed by atoms with Crippen molar-refractivity contribution in [2.75, 3.05) is 0 Å². The number of aryl methyl sites for hydroxylation is 2. The van der Waals surface area contributed by atoms with Crippen LogP contribution in [0.1, 0.15) is 27.2 Å². The van der Waals surface area contributed by atoms with Crippen LogP contribution in [-0.4, -0.2) is 20.7 Å². The first-order chi connectivity index (χ1) is 15.6. The molecule has 0 unspecified atom stereocenters. The average molecular weight is 415 g/mol. The quantitative estimate of drug-likeness (QED) is 0.253. The van der Waals surface area contributed by atoms with E-state index in [9.17, 15) is 4.79 Å². The molecule has 0 aliphatic carbocycles. The number of para-hydroxylation sites is 1. The Morgan fingerprint density at radius 2 is 1.56 bits per heavy atom. The molecule has 0 spiro atoms. The highest BCUT2D eigenvalue weighted by Gasteiger charge is 2.18. The molecular formula is C28H21N3O. The second-order valence-corrected chi connectivity index (χ2v) is 7.83. The fourth-order valence-corrected chi connectivity index (χ4v) is 4.00. The van der Waals surface area contributed by atoms with Crippen LogP contribution in [0.5, 0.6) is 0 Å². The summed E-state index contributed by atoms with van der Waals surface area (Å²) in [5.74, 6) is -0.0735. The molecule has 3 aromatic carbocycles. The van der Waals surface area contributed by atoms with E-state index in [0.29, 0.717) is 5.56 Å². The molecule has 0 saturated heterocycles. The van der Waals surface area contributed by atoms with Gasteiger partial charge in [-0.05, 0) is 49.2 Å². The third-order valence-electron chi connectivity index (χ3n) is 5.58. The number of aromatic nitrogens is 3. The number of carbonyl (C=O) groups excluding carboxylic acids is 1. The molecule has 5 rings (SSSR count). The van der Waals surface area contributed by atoms with Crippen molar-refractivity contribution in [3.63, 3.8) is 0 Å². The third kappa shape index (κ3) is 3.67. The summed E-state index contributed by atoms with van der Waals surface area (Å²) < 4.78 is 0. The van der Waals surface area contributed by atoms with Crippen LogP contribution in [0.3, 0.4) is 0 Å². The highest BCUT2D eigenvalue weighted by atomic mass is 16.1. The molecule has 4 heteroatoms. The summed E-state index contributed by atoms with van der Waals surface area (Å²) in [6.45, 7) is 3.96. The van der Waals surface area contributed by atoms with Gasteiger partial charge in [0.25, 0.3) is 0 Å². The topological polar surface area (TPSA) is 55.7 Å². The number of carbonyl (C=O) groups is 1. The van der Waals surface area contributed by atoms with E-state index in [2.05, 4.69) is 41.2 Å². The number of rotatable bonds is 4. The third-order valence-corrected chi connectivity index (χ3v) is 5.58. The van der Waals surface area contributed by atoms with Crippen LogP contribution in [0.15, 0.2) is 85.2 Å². The van der Waals surface area contributed by atoms with Crippen LogP contribution >= 0.6 is 0 Å². The van der Waals surface area contributed by atoms with Gasteiger partial charge in [-0.1, -0.05) is 60.2 Å². The normalized spacial score (nSPS) is 11.4. The molecule has 0 aliphatic rings. The predicted molar refractivity (Wildman–Crippen MR) is 130 cm³/mol. The number of hydrogen-bond donors (Lipinski definition) is 0. The molecule has 5 aromatic rings. The SMILES string of the molecule is Cc1ccc(-c2c(C(=O)C=Cc3ccc4nccnc4c3)c(C)nc3ccccc23)cc1. The molecule has 154 valence electrons. The lowest BCUT2D eigenvalue weighted by atomic mass is 9.91. The first kappa shape index (κ1) is 19.8. The van der Waals surface area contributed by atoms with Gasteiger partial charge in [0.05, 0.1) is 22.1 Å². The summed E-state index contributed by atoms with van der Waals surface area (Å²) in [6, 6.07) is 22.0. The van der Waals surface area contributed by atoms with Crippen LogP contribution in [-0.2, 0) is 0 Å². The van der Waals surface area contributed by atoms with E-state index in [-0.39, 0.29) is 5.78 Å². The molecule has 4 nitrogen and oxygen atoms in total. The Labute approximate surface area is 186 Å². The van der Waals surface area contributed by atoms with Crippen molar-refractivity contribution in [1.82, 2.24) is 15.0 Å². The van der Waals surface area contributed by atoms with Crippen molar-refractivity contribution < 1.29 is 4.79 Å². The van der Waals surface area contributed by atoms with Crippen molar-refractivity contribution in [1.29, 1.82) is 0 Å². The Morgan fingerprint density at radius 1 is 0.812 bits per heavy atom. The van der Waals surface area contributed by atoms with Crippen molar-refractivity contribution in [3.8, 4) is 11.1 Å².